The molecule has 2 aliphatic rings. The quantitative estimate of drug-likeness (QED) is 0.804. The first kappa shape index (κ1) is 14.3. The highest BCUT2D eigenvalue weighted by Gasteiger charge is 2.41. The third-order valence-corrected chi connectivity index (χ3v) is 4.90. The Kier molecular flexibility index (Phi) is 4.68. The predicted molar refractivity (Wildman–Crippen MR) is 77.9 cm³/mol. The summed E-state index contributed by atoms with van der Waals surface area (Å²) in [5.74, 6) is 1.71. The van der Waals surface area contributed by atoms with Gasteiger partial charge in [0.1, 0.15) is 0 Å². The minimum absolute atomic E-state index is 0.623. The van der Waals surface area contributed by atoms with Gasteiger partial charge in [-0.3, -0.25) is 4.90 Å². The van der Waals surface area contributed by atoms with Crippen LogP contribution in [0, 0.1) is 11.8 Å². The molecule has 0 aromatic rings. The van der Waals surface area contributed by atoms with Gasteiger partial charge in [-0.2, -0.15) is 0 Å². The van der Waals surface area contributed by atoms with Gasteiger partial charge >= 0.3 is 0 Å². The van der Waals surface area contributed by atoms with E-state index in [1.165, 1.54) is 32.5 Å². The summed E-state index contributed by atoms with van der Waals surface area (Å²) in [7, 11) is 4.45. The number of nitrogens with zero attached hydrogens (tertiary/aromatic N) is 2. The first-order valence-corrected chi connectivity index (χ1v) is 7.63. The van der Waals surface area contributed by atoms with Gasteiger partial charge in [0, 0.05) is 31.2 Å². The Bertz CT molecular complexity index is 264. The topological polar surface area (TPSA) is 18.5 Å². The van der Waals surface area contributed by atoms with Crippen LogP contribution in [0.4, 0.5) is 0 Å². The molecule has 2 rings (SSSR count). The molecule has 0 aromatic carbocycles. The van der Waals surface area contributed by atoms with Crippen molar-refractivity contribution in [2.24, 2.45) is 11.8 Å². The lowest BCUT2D eigenvalue weighted by atomic mass is 9.78. The molecule has 106 valence electrons. The molecule has 1 aliphatic heterocycles. The van der Waals surface area contributed by atoms with E-state index < -0.39 is 0 Å². The molecule has 1 saturated carbocycles. The molecular formula is C15H31N3. The molecule has 18 heavy (non-hydrogen) atoms. The van der Waals surface area contributed by atoms with Crippen molar-refractivity contribution in [2.45, 2.75) is 51.7 Å². The van der Waals surface area contributed by atoms with E-state index in [9.17, 15) is 0 Å². The third-order valence-electron chi connectivity index (χ3n) is 4.90. The molecule has 0 bridgehead atoms. The zero-order valence-electron chi connectivity index (χ0n) is 12.8. The van der Waals surface area contributed by atoms with Crippen LogP contribution in [0.3, 0.4) is 0 Å². The molecule has 3 heteroatoms. The van der Waals surface area contributed by atoms with Crippen LogP contribution in [-0.2, 0) is 0 Å². The lowest BCUT2D eigenvalue weighted by Gasteiger charge is -2.43. The molecule has 1 aliphatic carbocycles. The Morgan fingerprint density at radius 3 is 2.39 bits per heavy atom. The Balaban J connectivity index is 1.82. The average Bonchev–Trinajstić information content (AvgIpc) is 2.58. The van der Waals surface area contributed by atoms with Crippen LogP contribution in [0.15, 0.2) is 0 Å². The fourth-order valence-corrected chi connectivity index (χ4v) is 3.59. The molecular weight excluding hydrogens is 222 g/mol. The van der Waals surface area contributed by atoms with Gasteiger partial charge in [0.25, 0.3) is 0 Å². The minimum Gasteiger partial charge on any atom is -0.314 e. The van der Waals surface area contributed by atoms with E-state index in [0.29, 0.717) is 6.04 Å². The molecule has 0 radical (unpaired) electrons. The second kappa shape index (κ2) is 5.89. The maximum absolute atomic E-state index is 3.61. The first-order valence-electron chi connectivity index (χ1n) is 7.63. The first-order chi connectivity index (χ1) is 8.49. The van der Waals surface area contributed by atoms with Crippen molar-refractivity contribution in [1.29, 1.82) is 0 Å². The lowest BCUT2D eigenvalue weighted by Crippen LogP contribution is -2.51. The average molecular weight is 253 g/mol. The van der Waals surface area contributed by atoms with Crippen molar-refractivity contribution in [3.63, 3.8) is 0 Å². The maximum atomic E-state index is 3.61. The van der Waals surface area contributed by atoms with Gasteiger partial charge in [-0.25, -0.2) is 0 Å². The fraction of sp³-hybridized carbons (Fsp3) is 1.00. The minimum atomic E-state index is 0.623. The van der Waals surface area contributed by atoms with Crippen molar-refractivity contribution in [1.82, 2.24) is 15.1 Å². The molecule has 3 nitrogen and oxygen atoms in total. The highest BCUT2D eigenvalue weighted by molar-refractivity contribution is 4.97. The van der Waals surface area contributed by atoms with E-state index in [-0.39, 0.29) is 0 Å². The molecule has 0 spiro atoms. The Labute approximate surface area is 113 Å². The molecule has 1 N–H and O–H groups in total. The van der Waals surface area contributed by atoms with Crippen LogP contribution in [0.25, 0.3) is 0 Å². The zero-order chi connectivity index (χ0) is 13.3. The standard InChI is InChI=1S/C15H31N3/c1-11(2)16-8-13-6-7-14(13)18-9-12(3)15(10-18)17(4)5/h11-16H,6-10H2,1-5H3. The number of likely N-dealkylation sites (N-methyl/N-ethyl adjacent to an activating group) is 1. The zero-order valence-corrected chi connectivity index (χ0v) is 12.8. The van der Waals surface area contributed by atoms with Gasteiger partial charge in [0.2, 0.25) is 0 Å². The number of rotatable bonds is 5. The summed E-state index contributed by atoms with van der Waals surface area (Å²) < 4.78 is 0. The van der Waals surface area contributed by atoms with E-state index >= 15 is 0 Å². The highest BCUT2D eigenvalue weighted by atomic mass is 15.3. The molecule has 0 amide bonds. The molecule has 0 aromatic heterocycles. The monoisotopic (exact) mass is 253 g/mol. The summed E-state index contributed by atoms with van der Waals surface area (Å²) in [5.41, 5.74) is 0. The smallest absolute Gasteiger partial charge is 0.0254 e. The number of nitrogens with one attached hydrogen (secondary N) is 1. The molecule has 2 fully saturated rings. The van der Waals surface area contributed by atoms with E-state index in [0.717, 1.165) is 23.9 Å². The molecule has 1 saturated heterocycles. The van der Waals surface area contributed by atoms with Gasteiger partial charge in [-0.15, -0.1) is 0 Å². The van der Waals surface area contributed by atoms with Crippen LogP contribution < -0.4 is 5.32 Å². The van der Waals surface area contributed by atoms with E-state index in [1.54, 1.807) is 0 Å². The largest absolute Gasteiger partial charge is 0.314 e. The molecule has 1 heterocycles. The number of likely N-dealkylation sites (tertiary alicyclic amines) is 1. The van der Waals surface area contributed by atoms with E-state index in [4.69, 9.17) is 0 Å². The van der Waals surface area contributed by atoms with Crippen LogP contribution in [0.5, 0.6) is 0 Å². The van der Waals surface area contributed by atoms with Gasteiger partial charge in [0.15, 0.2) is 0 Å². The fourth-order valence-electron chi connectivity index (χ4n) is 3.59. The Morgan fingerprint density at radius 1 is 1.22 bits per heavy atom. The summed E-state index contributed by atoms with van der Waals surface area (Å²) in [6, 6.07) is 2.23. The second-order valence-electron chi connectivity index (χ2n) is 6.93. The van der Waals surface area contributed by atoms with Gasteiger partial charge in [-0.05, 0) is 45.3 Å². The highest BCUT2D eigenvalue weighted by Crippen LogP contribution is 2.35. The van der Waals surface area contributed by atoms with Crippen LogP contribution >= 0.6 is 0 Å². The Hall–Kier alpha value is -0.120. The van der Waals surface area contributed by atoms with Gasteiger partial charge < -0.3 is 10.2 Å². The SMILES string of the molecule is CC(C)NCC1CCC1N1CC(C)C(N(C)C)C1. The van der Waals surface area contributed by atoms with Crippen molar-refractivity contribution in [3.8, 4) is 0 Å². The number of hydrogen-bond acceptors (Lipinski definition) is 3. The molecule has 4 atom stereocenters. The van der Waals surface area contributed by atoms with Crippen molar-refractivity contribution >= 4 is 0 Å². The van der Waals surface area contributed by atoms with Crippen molar-refractivity contribution in [3.05, 3.63) is 0 Å². The third kappa shape index (κ3) is 3.06. The van der Waals surface area contributed by atoms with Crippen LogP contribution in [0.1, 0.15) is 33.6 Å². The summed E-state index contributed by atoms with van der Waals surface area (Å²) in [6.45, 7) is 10.7. The van der Waals surface area contributed by atoms with Gasteiger partial charge in [-0.1, -0.05) is 20.8 Å². The predicted octanol–water partition coefficient (Wildman–Crippen LogP) is 1.64. The summed E-state index contributed by atoms with van der Waals surface area (Å²) in [4.78, 5) is 5.16. The summed E-state index contributed by atoms with van der Waals surface area (Å²) in [6.07, 6.45) is 2.83. The normalized spacial score (nSPS) is 37.5. The van der Waals surface area contributed by atoms with Crippen molar-refractivity contribution < 1.29 is 0 Å². The van der Waals surface area contributed by atoms with Crippen LogP contribution in [-0.4, -0.2) is 61.7 Å². The second-order valence-corrected chi connectivity index (χ2v) is 6.93. The summed E-state index contributed by atoms with van der Waals surface area (Å²) >= 11 is 0. The van der Waals surface area contributed by atoms with Crippen molar-refractivity contribution in [2.75, 3.05) is 33.7 Å². The van der Waals surface area contributed by atoms with Gasteiger partial charge in [0.05, 0.1) is 0 Å². The number of hydrogen-bond donors (Lipinski definition) is 1. The van der Waals surface area contributed by atoms with E-state index in [1.807, 2.05) is 0 Å². The van der Waals surface area contributed by atoms with Crippen LogP contribution in [0.2, 0.25) is 0 Å². The lowest BCUT2D eigenvalue weighted by molar-refractivity contribution is 0.0745. The molecule has 4 unspecified atom stereocenters. The van der Waals surface area contributed by atoms with E-state index in [2.05, 4.69) is 50.0 Å². The Morgan fingerprint density at radius 2 is 1.94 bits per heavy atom. The summed E-state index contributed by atoms with van der Waals surface area (Å²) in [5, 5.41) is 3.61. The maximum Gasteiger partial charge on any atom is 0.0254 e.